The van der Waals surface area contributed by atoms with E-state index >= 15 is 0 Å². The first-order chi connectivity index (χ1) is 15.7. The number of amides is 3. The highest BCUT2D eigenvalue weighted by atomic mass is 16.6. The maximum absolute atomic E-state index is 12.3. The predicted octanol–water partition coefficient (Wildman–Crippen LogP) is 1.18. The van der Waals surface area contributed by atoms with Crippen LogP contribution in [0, 0.1) is 5.92 Å². The van der Waals surface area contributed by atoms with Gasteiger partial charge in [0.15, 0.2) is 0 Å². The van der Waals surface area contributed by atoms with Crippen molar-refractivity contribution in [2.24, 2.45) is 5.92 Å². The summed E-state index contributed by atoms with van der Waals surface area (Å²) in [6.07, 6.45) is 1.36. The van der Waals surface area contributed by atoms with Gasteiger partial charge in [0.25, 0.3) is 5.91 Å². The van der Waals surface area contributed by atoms with Crippen LogP contribution in [0.1, 0.15) is 60.3 Å². The minimum Gasteiger partial charge on any atom is -0.480 e. The lowest BCUT2D eigenvalue weighted by molar-refractivity contribution is -0.144. The fourth-order valence-electron chi connectivity index (χ4n) is 3.61. The van der Waals surface area contributed by atoms with Crippen LogP contribution in [-0.2, 0) is 23.9 Å². The molecule has 2 atom stereocenters. The minimum atomic E-state index is -1.21. The van der Waals surface area contributed by atoms with Crippen molar-refractivity contribution in [1.82, 2.24) is 20.9 Å². The van der Waals surface area contributed by atoms with E-state index in [-0.39, 0.29) is 0 Å². The van der Waals surface area contributed by atoms with E-state index in [4.69, 9.17) is 4.74 Å². The third kappa shape index (κ3) is 9.80. The van der Waals surface area contributed by atoms with Gasteiger partial charge in [-0.3, -0.25) is 14.4 Å². The molecule has 0 aromatic carbocycles. The molecule has 1 aliphatic rings. The van der Waals surface area contributed by atoms with E-state index in [0.717, 1.165) is 0 Å². The molecule has 1 heterocycles. The Bertz CT molecular complexity index is 783. The number of Topliss-reactive ketones (excluding diaryl/α,β-unsaturated/α-hetero) is 1. The van der Waals surface area contributed by atoms with E-state index in [0.29, 0.717) is 44.5 Å². The molecule has 1 aliphatic heterocycles. The maximum Gasteiger partial charge on any atom is 0.410 e. The first kappa shape index (κ1) is 28.9. The normalized spacial score (nSPS) is 16.1. The average Bonchev–Trinajstić information content (AvgIpc) is 2.73. The van der Waals surface area contributed by atoms with Gasteiger partial charge in [0, 0.05) is 18.8 Å². The van der Waals surface area contributed by atoms with Gasteiger partial charge in [0.1, 0.15) is 11.6 Å². The molecular weight excluding hydrogens is 444 g/mol. The highest BCUT2D eigenvalue weighted by Crippen LogP contribution is 2.23. The van der Waals surface area contributed by atoms with Gasteiger partial charge in [-0.15, -0.1) is 0 Å². The second-order valence-corrected chi connectivity index (χ2v) is 9.50. The largest absolute Gasteiger partial charge is 0.480 e. The Kier molecular flexibility index (Phi) is 11.0. The lowest BCUT2D eigenvalue weighted by atomic mass is 9.89. The summed E-state index contributed by atoms with van der Waals surface area (Å²) in [4.78, 5) is 62.3. The van der Waals surface area contributed by atoms with Crippen molar-refractivity contribution in [2.75, 3.05) is 19.6 Å². The maximum atomic E-state index is 12.3. The molecule has 1 fully saturated rings. The Morgan fingerprint density at radius 3 is 2.18 bits per heavy atom. The zero-order chi connectivity index (χ0) is 26.1. The van der Waals surface area contributed by atoms with Crippen LogP contribution in [0.5, 0.6) is 0 Å². The summed E-state index contributed by atoms with van der Waals surface area (Å²) in [6, 6.07) is -1.92. The number of nitrogens with zero attached hydrogens (tertiary/aromatic N) is 1. The van der Waals surface area contributed by atoms with Crippen LogP contribution in [0.3, 0.4) is 0 Å². The smallest absolute Gasteiger partial charge is 0.410 e. The van der Waals surface area contributed by atoms with E-state index in [1.54, 1.807) is 27.7 Å². The van der Waals surface area contributed by atoms with Crippen LogP contribution < -0.4 is 16.0 Å². The molecule has 0 saturated carbocycles. The van der Waals surface area contributed by atoms with Crippen molar-refractivity contribution < 1.29 is 33.8 Å². The molecule has 11 nitrogen and oxygen atoms in total. The minimum absolute atomic E-state index is 0.305. The summed E-state index contributed by atoms with van der Waals surface area (Å²) in [5.41, 5.74) is -0.0894. The molecule has 34 heavy (non-hydrogen) atoms. The zero-order valence-electron chi connectivity index (χ0n) is 20.7. The zero-order valence-corrected chi connectivity index (χ0v) is 20.7. The van der Waals surface area contributed by atoms with Gasteiger partial charge < -0.3 is 30.7 Å². The van der Waals surface area contributed by atoms with E-state index in [9.17, 15) is 29.1 Å². The van der Waals surface area contributed by atoms with Gasteiger partial charge in [-0.25, -0.2) is 9.59 Å². The number of carboxylic acids is 1. The number of hydrogen-bond acceptors (Lipinski definition) is 7. The summed E-state index contributed by atoms with van der Waals surface area (Å²) >= 11 is 0. The van der Waals surface area contributed by atoms with Crippen LogP contribution >= 0.6 is 0 Å². The van der Waals surface area contributed by atoms with Gasteiger partial charge in [-0.05, 0) is 52.9 Å². The molecule has 0 aromatic rings. The van der Waals surface area contributed by atoms with Crippen LogP contribution in [0.25, 0.3) is 0 Å². The summed E-state index contributed by atoms with van der Waals surface area (Å²) in [5, 5.41) is 17.1. The number of allylic oxidation sites excluding steroid dienone is 1. The number of carboxylic acid groups (broad SMARTS) is 1. The molecule has 0 spiro atoms. The Morgan fingerprint density at radius 2 is 1.71 bits per heavy atom. The van der Waals surface area contributed by atoms with E-state index < -0.39 is 59.8 Å². The lowest BCUT2D eigenvalue weighted by Crippen LogP contribution is -2.53. The van der Waals surface area contributed by atoms with Gasteiger partial charge in [-0.1, -0.05) is 19.9 Å². The number of rotatable bonds is 11. The second-order valence-electron chi connectivity index (χ2n) is 9.50. The number of piperidine rings is 1. The van der Waals surface area contributed by atoms with E-state index in [1.807, 2.05) is 6.92 Å². The number of aliphatic carboxylic acids is 1. The monoisotopic (exact) mass is 482 g/mol. The molecule has 0 bridgehead atoms. The third-order valence-electron chi connectivity index (χ3n) is 5.19. The van der Waals surface area contributed by atoms with Crippen molar-refractivity contribution in [2.45, 2.75) is 78.0 Å². The average molecular weight is 483 g/mol. The fourth-order valence-corrected chi connectivity index (χ4v) is 3.61. The predicted molar refractivity (Wildman–Crippen MR) is 125 cm³/mol. The molecule has 11 heteroatoms. The number of nitrogens with one attached hydrogen (secondary N) is 3. The lowest BCUT2D eigenvalue weighted by Gasteiger charge is -2.35. The van der Waals surface area contributed by atoms with Crippen molar-refractivity contribution in [3.63, 3.8) is 0 Å². The Balaban J connectivity index is 2.60. The number of ketones is 1. The highest BCUT2D eigenvalue weighted by molar-refractivity contribution is 6.38. The quantitative estimate of drug-likeness (QED) is 0.320. The molecule has 0 radical (unpaired) electrons. The Hall–Kier alpha value is -3.11. The summed E-state index contributed by atoms with van der Waals surface area (Å²) in [5.74, 6) is -3.98. The van der Waals surface area contributed by atoms with Gasteiger partial charge in [0.2, 0.25) is 11.7 Å². The number of hydrogen-bond donors (Lipinski definition) is 4. The van der Waals surface area contributed by atoms with Crippen molar-refractivity contribution >= 4 is 29.7 Å². The number of ether oxygens (including phenoxy) is 1. The first-order valence-corrected chi connectivity index (χ1v) is 11.5. The molecule has 2 unspecified atom stereocenters. The summed E-state index contributed by atoms with van der Waals surface area (Å²) in [6.45, 7) is 12.6. The van der Waals surface area contributed by atoms with Gasteiger partial charge in [-0.2, -0.15) is 0 Å². The first-order valence-electron chi connectivity index (χ1n) is 11.5. The summed E-state index contributed by atoms with van der Waals surface area (Å²) in [7, 11) is 0. The van der Waals surface area contributed by atoms with Gasteiger partial charge >= 0.3 is 12.1 Å². The SMILES string of the molecule is C=C(C)NC(CCC)C(=O)C(=O)NCC(=O)NC(C(=O)O)C1CCN(C(=O)OC(C)(C)C)CC1. The molecule has 4 N–H and O–H groups in total. The molecule has 3 amide bonds. The Morgan fingerprint density at radius 1 is 1.12 bits per heavy atom. The fraction of sp³-hybridized carbons (Fsp3) is 0.696. The van der Waals surface area contributed by atoms with Crippen LogP contribution in [0.4, 0.5) is 4.79 Å². The molecule has 1 saturated heterocycles. The van der Waals surface area contributed by atoms with Crippen LogP contribution in [0.2, 0.25) is 0 Å². The number of likely N-dealkylation sites (tertiary alicyclic amines) is 1. The number of carbonyl (C=O) groups excluding carboxylic acids is 4. The molecule has 192 valence electrons. The van der Waals surface area contributed by atoms with Crippen molar-refractivity contribution in [3.8, 4) is 0 Å². The van der Waals surface area contributed by atoms with Crippen LogP contribution in [-0.4, -0.2) is 77.0 Å². The standard InChI is InChI=1S/C23H38N4O7/c1-7-8-16(25-14(2)3)19(29)20(30)24-13-17(28)26-18(21(31)32)15-9-11-27(12-10-15)22(33)34-23(4,5)6/h15-16,18,25H,2,7-13H2,1,3-6H3,(H,24,30)(H,26,28)(H,31,32). The van der Waals surface area contributed by atoms with Crippen molar-refractivity contribution in [3.05, 3.63) is 12.3 Å². The molecule has 0 aliphatic carbocycles. The van der Waals surface area contributed by atoms with Gasteiger partial charge in [0.05, 0.1) is 12.6 Å². The molecule has 0 aromatic heterocycles. The topological polar surface area (TPSA) is 154 Å². The second kappa shape index (κ2) is 13.0. The Labute approximate surface area is 200 Å². The highest BCUT2D eigenvalue weighted by Gasteiger charge is 2.35. The van der Waals surface area contributed by atoms with Crippen LogP contribution in [0.15, 0.2) is 12.3 Å². The molecular formula is C23H38N4O7. The molecule has 1 rings (SSSR count). The third-order valence-corrected chi connectivity index (χ3v) is 5.19. The van der Waals surface area contributed by atoms with Crippen molar-refractivity contribution in [1.29, 1.82) is 0 Å². The van der Waals surface area contributed by atoms with E-state index in [1.165, 1.54) is 4.90 Å². The number of carbonyl (C=O) groups is 5. The van der Waals surface area contributed by atoms with E-state index in [2.05, 4.69) is 22.5 Å². The summed E-state index contributed by atoms with van der Waals surface area (Å²) < 4.78 is 5.34.